The number of hydrogen-bond donors (Lipinski definition) is 0. The van der Waals surface area contributed by atoms with Crippen LogP contribution in [0.25, 0.3) is 0 Å². The predicted molar refractivity (Wildman–Crippen MR) is 83.3 cm³/mol. The van der Waals surface area contributed by atoms with Gasteiger partial charge < -0.3 is 9.47 Å². The molecule has 0 heterocycles. The molecule has 0 amide bonds. The lowest BCUT2D eigenvalue weighted by atomic mass is 9.75. The van der Waals surface area contributed by atoms with E-state index < -0.39 is 5.79 Å². The van der Waals surface area contributed by atoms with Gasteiger partial charge in [0.2, 0.25) is 5.79 Å². The molecule has 3 nitrogen and oxygen atoms in total. The maximum Gasteiger partial charge on any atom is 0.210 e. The van der Waals surface area contributed by atoms with Crippen molar-refractivity contribution >= 4 is 29.0 Å². The quantitative estimate of drug-likeness (QED) is 0.790. The Morgan fingerprint density at radius 2 is 1.71 bits per heavy atom. The van der Waals surface area contributed by atoms with Crippen molar-refractivity contribution in [3.63, 3.8) is 0 Å². The molecule has 1 aliphatic rings. The average molecular weight is 329 g/mol. The van der Waals surface area contributed by atoms with Crippen molar-refractivity contribution in [2.45, 2.75) is 19.1 Å². The number of rotatable bonds is 4. The van der Waals surface area contributed by atoms with Crippen LogP contribution in [0.3, 0.4) is 0 Å². The SMILES string of the molecule is COC1(OC)C(Cl)=C(Cl)C(=O)C(Cc2ccccc2)C1C. The van der Waals surface area contributed by atoms with Gasteiger partial charge in [-0.15, -0.1) is 0 Å². The number of carbonyl (C=O) groups is 1. The van der Waals surface area contributed by atoms with Gasteiger partial charge >= 0.3 is 0 Å². The van der Waals surface area contributed by atoms with Crippen LogP contribution in [0.2, 0.25) is 0 Å². The van der Waals surface area contributed by atoms with Gasteiger partial charge in [0.05, 0.1) is 5.03 Å². The van der Waals surface area contributed by atoms with Crippen molar-refractivity contribution in [1.29, 1.82) is 0 Å². The first-order valence-corrected chi connectivity index (χ1v) is 7.47. The minimum absolute atomic E-state index is 0.000558. The summed E-state index contributed by atoms with van der Waals surface area (Å²) in [5.74, 6) is -1.94. The fourth-order valence-electron chi connectivity index (χ4n) is 2.89. The molecule has 2 unspecified atom stereocenters. The van der Waals surface area contributed by atoms with Crippen LogP contribution in [0.5, 0.6) is 0 Å². The van der Waals surface area contributed by atoms with Gasteiger partial charge in [-0.1, -0.05) is 60.5 Å². The van der Waals surface area contributed by atoms with Gasteiger partial charge in [-0.25, -0.2) is 0 Å². The van der Waals surface area contributed by atoms with Gasteiger partial charge in [-0.2, -0.15) is 0 Å². The predicted octanol–water partition coefficient (Wildman–Crippen LogP) is 3.74. The van der Waals surface area contributed by atoms with Crippen molar-refractivity contribution < 1.29 is 14.3 Å². The number of hydrogen-bond acceptors (Lipinski definition) is 3. The molecule has 0 aromatic heterocycles. The monoisotopic (exact) mass is 328 g/mol. The number of methoxy groups -OCH3 is 2. The van der Waals surface area contributed by atoms with E-state index in [0.29, 0.717) is 6.42 Å². The number of benzene rings is 1. The zero-order valence-corrected chi connectivity index (χ0v) is 13.7. The fourth-order valence-corrected chi connectivity index (χ4v) is 3.58. The second kappa shape index (κ2) is 6.49. The van der Waals surface area contributed by atoms with Crippen LogP contribution in [-0.4, -0.2) is 25.8 Å². The summed E-state index contributed by atoms with van der Waals surface area (Å²) in [6.07, 6.45) is 0.565. The first-order valence-electron chi connectivity index (χ1n) is 6.72. The summed E-state index contributed by atoms with van der Waals surface area (Å²) in [5.41, 5.74) is 1.06. The fraction of sp³-hybridized carbons (Fsp3) is 0.438. The van der Waals surface area contributed by atoms with E-state index >= 15 is 0 Å². The largest absolute Gasteiger partial charge is 0.348 e. The topological polar surface area (TPSA) is 35.5 Å². The maximum atomic E-state index is 12.5. The number of halogens is 2. The molecule has 1 aromatic carbocycles. The lowest BCUT2D eigenvalue weighted by Crippen LogP contribution is -2.51. The van der Waals surface area contributed by atoms with E-state index in [0.717, 1.165) is 5.56 Å². The van der Waals surface area contributed by atoms with Gasteiger partial charge in [0, 0.05) is 26.1 Å². The Bertz CT molecular complexity index is 550. The highest BCUT2D eigenvalue weighted by Gasteiger charge is 2.52. The van der Waals surface area contributed by atoms with E-state index in [1.165, 1.54) is 14.2 Å². The average Bonchev–Trinajstić information content (AvgIpc) is 2.52. The van der Waals surface area contributed by atoms with Crippen molar-refractivity contribution in [2.75, 3.05) is 14.2 Å². The van der Waals surface area contributed by atoms with Gasteiger partial charge in [-0.3, -0.25) is 4.79 Å². The third-order valence-corrected chi connectivity index (χ3v) is 5.08. The van der Waals surface area contributed by atoms with Crippen LogP contribution in [0, 0.1) is 11.8 Å². The zero-order valence-electron chi connectivity index (χ0n) is 12.2. The highest BCUT2D eigenvalue weighted by molar-refractivity contribution is 6.49. The number of ketones is 1. The first kappa shape index (κ1) is 16.5. The molecule has 114 valence electrons. The standard InChI is InChI=1S/C16H18Cl2O3/c1-10-12(9-11-7-5-4-6-8-11)14(19)13(17)15(18)16(10,20-2)21-3/h4-8,10,12H,9H2,1-3H3. The summed E-state index contributed by atoms with van der Waals surface area (Å²) in [6, 6.07) is 9.79. The van der Waals surface area contributed by atoms with Crippen LogP contribution in [0.15, 0.2) is 40.4 Å². The van der Waals surface area contributed by atoms with Crippen molar-refractivity contribution in [3.8, 4) is 0 Å². The lowest BCUT2D eigenvalue weighted by molar-refractivity contribution is -0.217. The minimum Gasteiger partial charge on any atom is -0.348 e. The third kappa shape index (κ3) is 2.76. The summed E-state index contributed by atoms with van der Waals surface area (Å²) in [7, 11) is 3.00. The molecule has 0 spiro atoms. The Morgan fingerprint density at radius 3 is 2.24 bits per heavy atom. The zero-order chi connectivity index (χ0) is 15.6. The summed E-state index contributed by atoms with van der Waals surface area (Å²) in [6.45, 7) is 1.89. The highest BCUT2D eigenvalue weighted by Crippen LogP contribution is 2.46. The molecular weight excluding hydrogens is 311 g/mol. The second-order valence-corrected chi connectivity index (χ2v) is 5.91. The molecule has 0 saturated heterocycles. The van der Waals surface area contributed by atoms with Gasteiger partial charge in [0.15, 0.2) is 5.78 Å². The molecule has 21 heavy (non-hydrogen) atoms. The Morgan fingerprint density at radius 1 is 1.14 bits per heavy atom. The van der Waals surface area contributed by atoms with Crippen molar-refractivity contribution in [3.05, 3.63) is 46.0 Å². The number of ether oxygens (including phenoxy) is 2. The van der Waals surface area contributed by atoms with Crippen molar-refractivity contribution in [2.24, 2.45) is 11.8 Å². The maximum absolute atomic E-state index is 12.5. The minimum atomic E-state index is -1.17. The van der Waals surface area contributed by atoms with E-state index in [1.807, 2.05) is 37.3 Å². The Balaban J connectivity index is 2.41. The second-order valence-electron chi connectivity index (χ2n) is 5.15. The van der Waals surface area contributed by atoms with E-state index in [1.54, 1.807) is 0 Å². The van der Waals surface area contributed by atoms with Crippen LogP contribution < -0.4 is 0 Å². The molecule has 0 aliphatic heterocycles. The molecule has 1 aliphatic carbocycles. The van der Waals surface area contributed by atoms with Crippen LogP contribution in [-0.2, 0) is 20.7 Å². The molecule has 0 N–H and O–H groups in total. The molecule has 0 bridgehead atoms. The van der Waals surface area contributed by atoms with Crippen LogP contribution in [0.1, 0.15) is 12.5 Å². The summed E-state index contributed by atoms with van der Waals surface area (Å²) >= 11 is 12.3. The van der Waals surface area contributed by atoms with Crippen molar-refractivity contribution in [1.82, 2.24) is 0 Å². The molecular formula is C16H18Cl2O3. The smallest absolute Gasteiger partial charge is 0.210 e. The van der Waals surface area contributed by atoms with E-state index in [-0.39, 0.29) is 27.7 Å². The summed E-state index contributed by atoms with van der Waals surface area (Å²) < 4.78 is 11.0. The molecule has 5 heteroatoms. The number of allylic oxidation sites excluding steroid dienone is 1. The number of carbonyl (C=O) groups excluding carboxylic acids is 1. The molecule has 1 aromatic rings. The molecule has 0 radical (unpaired) electrons. The highest BCUT2D eigenvalue weighted by atomic mass is 35.5. The van der Waals surface area contributed by atoms with Crippen LogP contribution >= 0.6 is 23.2 Å². The molecule has 0 saturated carbocycles. The normalized spacial score (nSPS) is 25.3. The summed E-state index contributed by atoms with van der Waals surface area (Å²) in [5, 5.41) is 0.121. The summed E-state index contributed by atoms with van der Waals surface area (Å²) in [4.78, 5) is 12.5. The van der Waals surface area contributed by atoms with E-state index in [4.69, 9.17) is 32.7 Å². The molecule has 2 rings (SSSR count). The van der Waals surface area contributed by atoms with Gasteiger partial charge in [0.25, 0.3) is 0 Å². The van der Waals surface area contributed by atoms with E-state index in [2.05, 4.69) is 0 Å². The Labute approximate surface area is 134 Å². The van der Waals surface area contributed by atoms with Gasteiger partial charge in [0.1, 0.15) is 5.03 Å². The van der Waals surface area contributed by atoms with E-state index in [9.17, 15) is 4.79 Å². The number of Topliss-reactive ketones (excluding diaryl/α,β-unsaturated/α-hetero) is 1. The molecule has 0 fully saturated rings. The van der Waals surface area contributed by atoms with Gasteiger partial charge in [-0.05, 0) is 12.0 Å². The Kier molecular flexibility index (Phi) is 5.10. The lowest BCUT2D eigenvalue weighted by Gasteiger charge is -2.43. The molecule has 2 atom stereocenters. The first-order chi connectivity index (χ1) is 9.97. The Hall–Kier alpha value is -0.870. The third-order valence-electron chi connectivity index (χ3n) is 4.16. The van der Waals surface area contributed by atoms with Crippen LogP contribution in [0.4, 0.5) is 0 Å².